The van der Waals surface area contributed by atoms with Gasteiger partial charge in [0, 0.05) is 18.4 Å². The molecule has 10 heteroatoms. The van der Waals surface area contributed by atoms with Gasteiger partial charge in [-0.25, -0.2) is 9.97 Å². The van der Waals surface area contributed by atoms with Crippen LogP contribution in [0.4, 0.5) is 11.8 Å². The molecule has 0 spiro atoms. The van der Waals surface area contributed by atoms with E-state index in [-0.39, 0.29) is 29.8 Å². The lowest BCUT2D eigenvalue weighted by Crippen LogP contribution is -2.29. The molecular formula is C20H24ClN5O2S2. The van der Waals surface area contributed by atoms with Crippen molar-refractivity contribution >= 4 is 57.5 Å². The van der Waals surface area contributed by atoms with Crippen LogP contribution in [0.25, 0.3) is 20.8 Å². The van der Waals surface area contributed by atoms with Crippen LogP contribution in [0.5, 0.6) is 0 Å². The minimum Gasteiger partial charge on any atom is -0.396 e. The van der Waals surface area contributed by atoms with Crippen LogP contribution in [0.3, 0.4) is 0 Å². The first-order valence-electron chi connectivity index (χ1n) is 9.84. The van der Waals surface area contributed by atoms with Crippen LogP contribution in [-0.2, 0) is 0 Å². The average molecular weight is 466 g/mol. The minimum atomic E-state index is -0.577. The topological polar surface area (TPSA) is 103 Å². The van der Waals surface area contributed by atoms with Crippen LogP contribution in [0.2, 0.25) is 5.15 Å². The number of thiol groups is 1. The first-order chi connectivity index (χ1) is 14.5. The van der Waals surface area contributed by atoms with Crippen LogP contribution in [0.15, 0.2) is 24.3 Å². The molecule has 0 amide bonds. The van der Waals surface area contributed by atoms with E-state index in [0.29, 0.717) is 40.9 Å². The second-order valence-corrected chi connectivity index (χ2v) is 9.37. The Hall–Kier alpha value is -1.65. The standard InChI is InChI=1S/C20H24ClN5O2S2/c1-10(9-29)22-20-25-17(21)16(19-24-12-4-2-3-5-15(12)30-19)18(26-20)23-13-6-11(8-27)7-14(13)28/h2-5,10-11,13-14,27-29H,6-9H2,1H3,(H2,22,23,25,26)/t10?,11-,13+,14+/m0/s1. The number of hydrogen-bond donors (Lipinski definition) is 5. The van der Waals surface area contributed by atoms with Crippen molar-refractivity contribution in [1.82, 2.24) is 15.0 Å². The predicted octanol–water partition coefficient (Wildman–Crippen LogP) is 3.68. The monoisotopic (exact) mass is 465 g/mol. The number of anilines is 2. The molecule has 1 aliphatic rings. The number of hydrogen-bond acceptors (Lipinski definition) is 9. The number of thiazole rings is 1. The molecule has 4 rings (SSSR count). The molecule has 3 aromatic rings. The third-order valence-electron chi connectivity index (χ3n) is 5.23. The molecule has 30 heavy (non-hydrogen) atoms. The van der Waals surface area contributed by atoms with E-state index in [1.165, 1.54) is 11.3 Å². The summed E-state index contributed by atoms with van der Waals surface area (Å²) in [6.45, 7) is 2.03. The molecule has 0 saturated heterocycles. The lowest BCUT2D eigenvalue weighted by Gasteiger charge is -2.20. The van der Waals surface area contributed by atoms with Gasteiger partial charge in [-0.3, -0.25) is 0 Å². The molecule has 1 fully saturated rings. The van der Waals surface area contributed by atoms with Gasteiger partial charge in [-0.15, -0.1) is 11.3 Å². The highest BCUT2D eigenvalue weighted by Gasteiger charge is 2.34. The number of fused-ring (bicyclic) bond motifs is 1. The summed E-state index contributed by atoms with van der Waals surface area (Å²) in [5.74, 6) is 1.58. The maximum Gasteiger partial charge on any atom is 0.226 e. The van der Waals surface area contributed by atoms with Gasteiger partial charge in [-0.05, 0) is 37.8 Å². The van der Waals surface area contributed by atoms with Crippen molar-refractivity contribution in [2.24, 2.45) is 5.92 Å². The van der Waals surface area contributed by atoms with E-state index >= 15 is 0 Å². The zero-order valence-electron chi connectivity index (χ0n) is 16.4. The maximum absolute atomic E-state index is 10.5. The number of para-hydroxylation sites is 1. The molecule has 4 N–H and O–H groups in total. The van der Waals surface area contributed by atoms with Crippen molar-refractivity contribution in [3.05, 3.63) is 29.4 Å². The highest BCUT2D eigenvalue weighted by molar-refractivity contribution is 7.80. The number of benzene rings is 1. The van der Waals surface area contributed by atoms with Gasteiger partial charge in [0.15, 0.2) is 0 Å². The van der Waals surface area contributed by atoms with Crippen LogP contribution < -0.4 is 10.6 Å². The van der Waals surface area contributed by atoms with Crippen molar-refractivity contribution < 1.29 is 10.2 Å². The minimum absolute atomic E-state index is 0.0523. The Morgan fingerprint density at radius 3 is 2.77 bits per heavy atom. The van der Waals surface area contributed by atoms with Gasteiger partial charge in [0.05, 0.1) is 27.9 Å². The molecule has 160 valence electrons. The Balaban J connectivity index is 1.75. The van der Waals surface area contributed by atoms with Crippen LogP contribution in [0.1, 0.15) is 19.8 Å². The molecule has 2 heterocycles. The van der Waals surface area contributed by atoms with Crippen molar-refractivity contribution in [3.63, 3.8) is 0 Å². The molecule has 1 aliphatic carbocycles. The van der Waals surface area contributed by atoms with E-state index in [9.17, 15) is 10.2 Å². The summed E-state index contributed by atoms with van der Waals surface area (Å²) in [5, 5.41) is 27.5. The summed E-state index contributed by atoms with van der Waals surface area (Å²) < 4.78 is 1.04. The number of nitrogens with one attached hydrogen (secondary N) is 2. The molecule has 0 bridgehead atoms. The van der Waals surface area contributed by atoms with Gasteiger partial charge in [0.2, 0.25) is 5.95 Å². The Morgan fingerprint density at radius 2 is 2.07 bits per heavy atom. The Kier molecular flexibility index (Phi) is 6.64. The van der Waals surface area contributed by atoms with Crippen molar-refractivity contribution in [1.29, 1.82) is 0 Å². The van der Waals surface area contributed by atoms with E-state index in [1.54, 1.807) is 0 Å². The second-order valence-electron chi connectivity index (χ2n) is 7.61. The zero-order chi connectivity index (χ0) is 21.3. The van der Waals surface area contributed by atoms with Gasteiger partial charge in [0.1, 0.15) is 16.0 Å². The SMILES string of the molecule is CC(CS)Nc1nc(Cl)c(-c2nc3ccccc3s2)c(N[C@@H]2C[C@H](CO)C[C@H]2O)n1. The van der Waals surface area contributed by atoms with Gasteiger partial charge in [-0.2, -0.15) is 17.6 Å². The predicted molar refractivity (Wildman–Crippen MR) is 126 cm³/mol. The summed E-state index contributed by atoms with van der Waals surface area (Å²) in [6.07, 6.45) is 0.617. The molecule has 2 aromatic heterocycles. The largest absolute Gasteiger partial charge is 0.396 e. The van der Waals surface area contributed by atoms with Gasteiger partial charge < -0.3 is 20.8 Å². The van der Waals surface area contributed by atoms with E-state index in [0.717, 1.165) is 10.2 Å². The third-order valence-corrected chi connectivity index (χ3v) is 7.10. The number of aromatic nitrogens is 3. The Morgan fingerprint density at radius 1 is 1.27 bits per heavy atom. The maximum atomic E-state index is 10.5. The Labute approximate surface area is 189 Å². The van der Waals surface area contributed by atoms with Crippen molar-refractivity contribution in [2.75, 3.05) is 23.0 Å². The lowest BCUT2D eigenvalue weighted by molar-refractivity contribution is 0.157. The van der Waals surface area contributed by atoms with E-state index in [1.807, 2.05) is 31.2 Å². The van der Waals surface area contributed by atoms with Gasteiger partial charge >= 0.3 is 0 Å². The molecule has 0 aliphatic heterocycles. The molecule has 0 radical (unpaired) electrons. The highest BCUT2D eigenvalue weighted by Crippen LogP contribution is 2.39. The number of nitrogens with zero attached hydrogens (tertiary/aromatic N) is 3. The van der Waals surface area contributed by atoms with E-state index in [2.05, 4.69) is 33.2 Å². The molecule has 1 aromatic carbocycles. The van der Waals surface area contributed by atoms with Crippen LogP contribution >= 0.6 is 35.6 Å². The first kappa shape index (κ1) is 21.6. The smallest absolute Gasteiger partial charge is 0.226 e. The lowest BCUT2D eigenvalue weighted by atomic mass is 10.1. The zero-order valence-corrected chi connectivity index (χ0v) is 18.9. The fourth-order valence-electron chi connectivity index (χ4n) is 3.64. The number of aliphatic hydroxyl groups is 2. The first-order valence-corrected chi connectivity index (χ1v) is 11.7. The second kappa shape index (κ2) is 9.23. The highest BCUT2D eigenvalue weighted by atomic mass is 35.5. The fourth-order valence-corrected chi connectivity index (χ4v) is 5.05. The van der Waals surface area contributed by atoms with Gasteiger partial charge in [0.25, 0.3) is 0 Å². The molecular weight excluding hydrogens is 442 g/mol. The summed E-state index contributed by atoms with van der Waals surface area (Å²) in [4.78, 5) is 13.8. The summed E-state index contributed by atoms with van der Waals surface area (Å²) in [6, 6.07) is 7.69. The fraction of sp³-hybridized carbons (Fsp3) is 0.450. The van der Waals surface area contributed by atoms with Gasteiger partial charge in [-0.1, -0.05) is 23.7 Å². The average Bonchev–Trinajstić information content (AvgIpc) is 3.30. The van der Waals surface area contributed by atoms with E-state index in [4.69, 9.17) is 16.6 Å². The quantitative estimate of drug-likeness (QED) is 0.268. The number of aliphatic hydroxyl groups excluding tert-OH is 2. The van der Waals surface area contributed by atoms with Crippen molar-refractivity contribution in [2.45, 2.75) is 38.0 Å². The number of halogens is 1. The third kappa shape index (κ3) is 4.50. The molecule has 7 nitrogen and oxygen atoms in total. The summed E-state index contributed by atoms with van der Waals surface area (Å²) in [7, 11) is 0. The van der Waals surface area contributed by atoms with Crippen LogP contribution in [-0.4, -0.2) is 55.7 Å². The summed E-state index contributed by atoms with van der Waals surface area (Å²) in [5.41, 5.74) is 1.49. The summed E-state index contributed by atoms with van der Waals surface area (Å²) >= 11 is 12.4. The normalized spacial score (nSPS) is 22.4. The molecule has 1 unspecified atom stereocenters. The van der Waals surface area contributed by atoms with Crippen LogP contribution in [0, 0.1) is 5.92 Å². The Bertz CT molecular complexity index is 1000. The number of rotatable bonds is 7. The molecule has 4 atom stereocenters. The molecule has 1 saturated carbocycles. The van der Waals surface area contributed by atoms with E-state index < -0.39 is 6.10 Å². The van der Waals surface area contributed by atoms with Crippen molar-refractivity contribution in [3.8, 4) is 10.6 Å².